The third-order valence-corrected chi connectivity index (χ3v) is 9.14. The molecule has 0 aliphatic heterocycles. The molecule has 0 radical (unpaired) electrons. The van der Waals surface area contributed by atoms with E-state index in [4.69, 9.17) is 0 Å². The summed E-state index contributed by atoms with van der Waals surface area (Å²) in [5.41, 5.74) is 1.56. The van der Waals surface area contributed by atoms with Gasteiger partial charge in [0.1, 0.15) is 0 Å². The predicted molar refractivity (Wildman–Crippen MR) is 110 cm³/mol. The summed E-state index contributed by atoms with van der Waals surface area (Å²) in [5, 5.41) is 0. The number of benzene rings is 1. The predicted octanol–water partition coefficient (Wildman–Crippen LogP) is 7.28. The third-order valence-electron chi connectivity index (χ3n) is 9.14. The molecule has 26 heavy (non-hydrogen) atoms. The van der Waals surface area contributed by atoms with Crippen LogP contribution in [0.2, 0.25) is 0 Å². The first kappa shape index (κ1) is 17.3. The Morgan fingerprint density at radius 1 is 0.577 bits per heavy atom. The molecule has 0 heteroatoms. The van der Waals surface area contributed by atoms with Crippen LogP contribution in [0.15, 0.2) is 30.3 Å². The van der Waals surface area contributed by atoms with Gasteiger partial charge in [0.2, 0.25) is 0 Å². The van der Waals surface area contributed by atoms with Crippen LogP contribution in [0, 0.1) is 41.4 Å². The van der Waals surface area contributed by atoms with Gasteiger partial charge in [-0.2, -0.15) is 0 Å². The van der Waals surface area contributed by atoms with Gasteiger partial charge >= 0.3 is 0 Å². The Hall–Kier alpha value is -0.780. The second kappa shape index (κ2) is 7.69. The lowest BCUT2D eigenvalue weighted by molar-refractivity contribution is 0.0911. The molecule has 0 bridgehead atoms. The zero-order chi connectivity index (χ0) is 17.3. The Kier molecular flexibility index (Phi) is 5.12. The molecule has 1 aromatic carbocycles. The lowest BCUT2D eigenvalue weighted by atomic mass is 9.64. The SMILES string of the molecule is c1ccc(CC2CCC(C3CCC4CC5CCCCC5C4C3)CC2)cc1. The van der Waals surface area contributed by atoms with Crippen molar-refractivity contribution >= 4 is 0 Å². The lowest BCUT2D eigenvalue weighted by Gasteiger charge is -2.41. The van der Waals surface area contributed by atoms with Crippen molar-refractivity contribution in [3.63, 3.8) is 0 Å². The van der Waals surface area contributed by atoms with Crippen molar-refractivity contribution in [3.8, 4) is 0 Å². The highest BCUT2D eigenvalue weighted by Crippen LogP contribution is 2.56. The molecule has 4 saturated carbocycles. The smallest absolute Gasteiger partial charge is 0.0250 e. The van der Waals surface area contributed by atoms with Crippen LogP contribution >= 0.6 is 0 Å². The van der Waals surface area contributed by atoms with Gasteiger partial charge in [-0.1, -0.05) is 49.6 Å². The molecule has 0 nitrogen and oxygen atoms in total. The summed E-state index contributed by atoms with van der Waals surface area (Å²) in [7, 11) is 0. The summed E-state index contributed by atoms with van der Waals surface area (Å²) >= 11 is 0. The molecule has 0 spiro atoms. The van der Waals surface area contributed by atoms with E-state index in [-0.39, 0.29) is 0 Å². The van der Waals surface area contributed by atoms with E-state index in [1.54, 1.807) is 50.5 Å². The Morgan fingerprint density at radius 3 is 2.12 bits per heavy atom. The molecule has 5 atom stereocenters. The number of hydrogen-bond donors (Lipinski definition) is 0. The average molecular weight is 351 g/mol. The number of fused-ring (bicyclic) bond motifs is 3. The molecule has 1 aromatic rings. The summed E-state index contributed by atoms with van der Waals surface area (Å²) in [6.45, 7) is 0. The maximum absolute atomic E-state index is 2.33. The molecular weight excluding hydrogens is 312 g/mol. The molecule has 0 amide bonds. The van der Waals surface area contributed by atoms with E-state index in [9.17, 15) is 0 Å². The van der Waals surface area contributed by atoms with Gasteiger partial charge in [-0.25, -0.2) is 0 Å². The van der Waals surface area contributed by atoms with Crippen LogP contribution in [-0.4, -0.2) is 0 Å². The Balaban J connectivity index is 1.15. The zero-order valence-corrected chi connectivity index (χ0v) is 16.6. The van der Waals surface area contributed by atoms with Crippen LogP contribution < -0.4 is 0 Å². The summed E-state index contributed by atoms with van der Waals surface area (Å²) in [4.78, 5) is 0. The maximum atomic E-state index is 2.33. The minimum atomic E-state index is 0.958. The van der Waals surface area contributed by atoms with Crippen molar-refractivity contribution in [2.75, 3.05) is 0 Å². The zero-order valence-electron chi connectivity index (χ0n) is 16.6. The van der Waals surface area contributed by atoms with Crippen molar-refractivity contribution in [3.05, 3.63) is 35.9 Å². The molecule has 0 heterocycles. The van der Waals surface area contributed by atoms with Crippen LogP contribution in [0.3, 0.4) is 0 Å². The minimum Gasteiger partial charge on any atom is -0.0622 e. The lowest BCUT2D eigenvalue weighted by Crippen LogP contribution is -2.32. The summed E-state index contributed by atoms with van der Waals surface area (Å²) in [6, 6.07) is 11.2. The fourth-order valence-electron chi connectivity index (χ4n) is 7.84. The van der Waals surface area contributed by atoms with Crippen molar-refractivity contribution in [1.82, 2.24) is 0 Å². The van der Waals surface area contributed by atoms with Gasteiger partial charge in [-0.15, -0.1) is 0 Å². The molecule has 4 aliphatic rings. The van der Waals surface area contributed by atoms with E-state index in [2.05, 4.69) is 30.3 Å². The normalized spacial score (nSPS) is 42.8. The van der Waals surface area contributed by atoms with Gasteiger partial charge in [0, 0.05) is 0 Å². The highest BCUT2D eigenvalue weighted by Gasteiger charge is 2.47. The van der Waals surface area contributed by atoms with E-state index in [1.807, 2.05) is 0 Å². The number of rotatable bonds is 3. The number of hydrogen-bond acceptors (Lipinski definition) is 0. The van der Waals surface area contributed by atoms with Crippen LogP contribution in [0.25, 0.3) is 0 Å². The highest BCUT2D eigenvalue weighted by atomic mass is 14.5. The Bertz CT molecular complexity index is 567. The van der Waals surface area contributed by atoms with E-state index in [0.29, 0.717) is 0 Å². The maximum Gasteiger partial charge on any atom is -0.0250 e. The molecule has 0 saturated heterocycles. The standard InChI is InChI=1S/C26H38/c1-2-6-19(7-3-1)16-20-10-12-21(13-11-20)22-14-15-24-17-23-8-4-5-9-25(23)26(24)18-22/h1-3,6-7,20-26H,4-5,8-18H2. The quantitative estimate of drug-likeness (QED) is 0.537. The van der Waals surface area contributed by atoms with Crippen LogP contribution in [0.5, 0.6) is 0 Å². The highest BCUT2D eigenvalue weighted by molar-refractivity contribution is 5.15. The molecule has 142 valence electrons. The molecule has 0 N–H and O–H groups in total. The van der Waals surface area contributed by atoms with Gasteiger partial charge in [0.05, 0.1) is 0 Å². The monoisotopic (exact) mass is 350 g/mol. The molecule has 4 fully saturated rings. The molecule has 4 aliphatic carbocycles. The molecule has 5 unspecified atom stereocenters. The van der Waals surface area contributed by atoms with E-state index >= 15 is 0 Å². The second-order valence-corrected chi connectivity index (χ2v) is 10.4. The van der Waals surface area contributed by atoms with Crippen molar-refractivity contribution in [2.24, 2.45) is 41.4 Å². The molecule has 0 aromatic heterocycles. The van der Waals surface area contributed by atoms with Crippen molar-refractivity contribution in [2.45, 2.75) is 83.5 Å². The minimum absolute atomic E-state index is 0.958. The van der Waals surface area contributed by atoms with Crippen LogP contribution in [0.4, 0.5) is 0 Å². The van der Waals surface area contributed by atoms with Crippen LogP contribution in [0.1, 0.15) is 82.6 Å². The molecular formula is C26H38. The van der Waals surface area contributed by atoms with E-state index in [0.717, 1.165) is 41.4 Å². The largest absolute Gasteiger partial charge is 0.0622 e. The van der Waals surface area contributed by atoms with E-state index < -0.39 is 0 Å². The Labute approximate surface area is 161 Å². The fraction of sp³-hybridized carbons (Fsp3) is 0.769. The third kappa shape index (κ3) is 3.50. The van der Waals surface area contributed by atoms with Crippen molar-refractivity contribution < 1.29 is 0 Å². The Morgan fingerprint density at radius 2 is 1.27 bits per heavy atom. The van der Waals surface area contributed by atoms with Gasteiger partial charge in [-0.3, -0.25) is 0 Å². The first-order chi connectivity index (χ1) is 12.9. The van der Waals surface area contributed by atoms with Crippen molar-refractivity contribution in [1.29, 1.82) is 0 Å². The summed E-state index contributed by atoms with van der Waals surface area (Å²) < 4.78 is 0. The topological polar surface area (TPSA) is 0 Å². The average Bonchev–Trinajstić information content (AvgIpc) is 3.07. The van der Waals surface area contributed by atoms with Gasteiger partial charge in [-0.05, 0) is 111 Å². The second-order valence-electron chi connectivity index (χ2n) is 10.4. The first-order valence-corrected chi connectivity index (χ1v) is 11.9. The fourth-order valence-corrected chi connectivity index (χ4v) is 7.84. The van der Waals surface area contributed by atoms with E-state index in [1.165, 1.54) is 38.5 Å². The summed E-state index contributed by atoms with van der Waals surface area (Å²) in [5.74, 6) is 7.68. The summed E-state index contributed by atoms with van der Waals surface area (Å²) in [6.07, 6.45) is 20.0. The van der Waals surface area contributed by atoms with Gasteiger partial charge in [0.15, 0.2) is 0 Å². The van der Waals surface area contributed by atoms with Crippen LogP contribution in [-0.2, 0) is 6.42 Å². The molecule has 5 rings (SSSR count). The van der Waals surface area contributed by atoms with Gasteiger partial charge in [0.25, 0.3) is 0 Å². The van der Waals surface area contributed by atoms with Gasteiger partial charge < -0.3 is 0 Å². The first-order valence-electron chi connectivity index (χ1n) is 11.9.